The molecule has 0 saturated heterocycles. The van der Waals surface area contributed by atoms with E-state index in [-0.39, 0.29) is 24.0 Å². The van der Waals surface area contributed by atoms with Gasteiger partial charge in [-0.1, -0.05) is 36.4 Å². The third-order valence-corrected chi connectivity index (χ3v) is 5.59. The summed E-state index contributed by atoms with van der Waals surface area (Å²) in [6.07, 6.45) is 0.270. The number of carbonyl (C=O) groups excluding carboxylic acids is 2. The molecule has 8 nitrogen and oxygen atoms in total. The van der Waals surface area contributed by atoms with Gasteiger partial charge in [-0.25, -0.2) is 0 Å². The van der Waals surface area contributed by atoms with Crippen LogP contribution in [0.2, 0.25) is 0 Å². The molecule has 0 fully saturated rings. The summed E-state index contributed by atoms with van der Waals surface area (Å²) in [5.74, 6) is 0.282. The third kappa shape index (κ3) is 5.63. The molecule has 3 aromatic rings. The van der Waals surface area contributed by atoms with Crippen molar-refractivity contribution in [2.45, 2.75) is 45.6 Å². The van der Waals surface area contributed by atoms with E-state index < -0.39 is 0 Å². The molecular formula is C26H30N4O4. The lowest BCUT2D eigenvalue weighted by Crippen LogP contribution is -2.37. The van der Waals surface area contributed by atoms with Crippen molar-refractivity contribution in [3.63, 3.8) is 0 Å². The Labute approximate surface area is 199 Å². The minimum atomic E-state index is -0.253. The number of aryl methyl sites for hydroxylation is 1. The second-order valence-corrected chi connectivity index (χ2v) is 8.61. The zero-order valence-corrected chi connectivity index (χ0v) is 19.7. The van der Waals surface area contributed by atoms with E-state index in [1.165, 1.54) is 0 Å². The highest BCUT2D eigenvalue weighted by Crippen LogP contribution is 2.23. The predicted molar refractivity (Wildman–Crippen MR) is 128 cm³/mol. The summed E-state index contributed by atoms with van der Waals surface area (Å²) in [5.41, 5.74) is 3.71. The van der Waals surface area contributed by atoms with Crippen LogP contribution in [0.3, 0.4) is 0 Å². The minimum Gasteiger partial charge on any atom is -0.491 e. The van der Waals surface area contributed by atoms with Gasteiger partial charge in [0.05, 0.1) is 24.5 Å². The number of hydrogen-bond donors (Lipinski definition) is 2. The molecule has 1 unspecified atom stereocenters. The molecule has 34 heavy (non-hydrogen) atoms. The lowest BCUT2D eigenvalue weighted by molar-refractivity contribution is 0.0265. The lowest BCUT2D eigenvalue weighted by Gasteiger charge is -2.23. The number of fused-ring (bicyclic) bond motifs is 1. The van der Waals surface area contributed by atoms with E-state index in [0.717, 1.165) is 16.8 Å². The van der Waals surface area contributed by atoms with Crippen LogP contribution in [-0.4, -0.2) is 40.3 Å². The fraction of sp³-hybridized carbons (Fsp3) is 0.346. The van der Waals surface area contributed by atoms with Crippen molar-refractivity contribution < 1.29 is 19.1 Å². The standard InChI is InChI=1S/C26H30N4O4/c1-17(2)34-20-11-7-10-19(12-20)25(31)28-15-21-13-22-23(16-33-21)29-30(3)24(22)26(32)27-14-18-8-5-4-6-9-18/h4-12,17,21H,13-16H2,1-3H3,(H,27,32)(H,28,31). The molecule has 1 aliphatic rings. The molecule has 1 aromatic heterocycles. The molecule has 1 atom stereocenters. The number of amides is 2. The Bertz CT molecular complexity index is 1160. The van der Waals surface area contributed by atoms with Crippen LogP contribution >= 0.6 is 0 Å². The lowest BCUT2D eigenvalue weighted by atomic mass is 10.0. The Morgan fingerprint density at radius 1 is 1.12 bits per heavy atom. The van der Waals surface area contributed by atoms with Gasteiger partial charge in [-0.2, -0.15) is 5.10 Å². The Kier molecular flexibility index (Phi) is 7.27. The Morgan fingerprint density at radius 2 is 1.91 bits per heavy atom. The van der Waals surface area contributed by atoms with Gasteiger partial charge in [0.15, 0.2) is 0 Å². The maximum absolute atomic E-state index is 12.9. The highest BCUT2D eigenvalue weighted by Gasteiger charge is 2.29. The van der Waals surface area contributed by atoms with Gasteiger partial charge in [-0.05, 0) is 37.6 Å². The number of nitrogens with zero attached hydrogens (tertiary/aromatic N) is 2. The molecule has 0 bridgehead atoms. The SMILES string of the molecule is CC(C)Oc1cccc(C(=O)NCC2Cc3c(nn(C)c3C(=O)NCc3ccccc3)CO2)c1. The largest absolute Gasteiger partial charge is 0.491 e. The number of nitrogens with one attached hydrogen (secondary N) is 2. The molecule has 4 rings (SSSR count). The number of rotatable bonds is 8. The summed E-state index contributed by atoms with van der Waals surface area (Å²) >= 11 is 0. The highest BCUT2D eigenvalue weighted by molar-refractivity contribution is 5.95. The van der Waals surface area contributed by atoms with E-state index >= 15 is 0 Å². The molecule has 0 saturated carbocycles. The maximum Gasteiger partial charge on any atom is 0.270 e. The van der Waals surface area contributed by atoms with Gasteiger partial charge >= 0.3 is 0 Å². The number of ether oxygens (including phenoxy) is 2. The number of hydrogen-bond acceptors (Lipinski definition) is 5. The van der Waals surface area contributed by atoms with Gasteiger partial charge in [0, 0.05) is 37.7 Å². The molecule has 2 aromatic carbocycles. The van der Waals surface area contributed by atoms with Gasteiger partial charge in [0.2, 0.25) is 0 Å². The first-order chi connectivity index (χ1) is 16.4. The fourth-order valence-electron chi connectivity index (χ4n) is 4.01. The first kappa shape index (κ1) is 23.5. The predicted octanol–water partition coefficient (Wildman–Crippen LogP) is 3.01. The molecule has 2 N–H and O–H groups in total. The molecule has 2 heterocycles. The van der Waals surface area contributed by atoms with E-state index in [4.69, 9.17) is 9.47 Å². The Morgan fingerprint density at radius 3 is 2.68 bits per heavy atom. The van der Waals surface area contributed by atoms with Crippen molar-refractivity contribution in [1.82, 2.24) is 20.4 Å². The molecule has 178 valence electrons. The summed E-state index contributed by atoms with van der Waals surface area (Å²) in [4.78, 5) is 25.6. The monoisotopic (exact) mass is 462 g/mol. The van der Waals surface area contributed by atoms with E-state index in [2.05, 4.69) is 15.7 Å². The van der Waals surface area contributed by atoms with Crippen molar-refractivity contribution in [2.75, 3.05) is 6.54 Å². The summed E-state index contributed by atoms with van der Waals surface area (Å²) in [5, 5.41) is 10.4. The molecule has 2 amide bonds. The fourth-order valence-corrected chi connectivity index (χ4v) is 4.01. The molecule has 8 heteroatoms. The molecule has 1 aliphatic heterocycles. The zero-order valence-electron chi connectivity index (χ0n) is 19.7. The Balaban J connectivity index is 1.37. The van der Waals surface area contributed by atoms with Crippen LogP contribution in [0.1, 0.15) is 51.5 Å². The smallest absolute Gasteiger partial charge is 0.270 e. The maximum atomic E-state index is 12.9. The van der Waals surface area contributed by atoms with Crippen LogP contribution in [0.4, 0.5) is 0 Å². The molecule has 0 radical (unpaired) electrons. The van der Waals surface area contributed by atoms with Gasteiger partial charge in [0.1, 0.15) is 11.4 Å². The van der Waals surface area contributed by atoms with Gasteiger partial charge in [-0.15, -0.1) is 0 Å². The zero-order chi connectivity index (χ0) is 24.1. The third-order valence-electron chi connectivity index (χ3n) is 5.59. The van der Waals surface area contributed by atoms with Crippen LogP contribution in [0.15, 0.2) is 54.6 Å². The van der Waals surface area contributed by atoms with Crippen molar-refractivity contribution in [3.8, 4) is 5.75 Å². The normalized spacial score (nSPS) is 15.0. The van der Waals surface area contributed by atoms with E-state index in [9.17, 15) is 9.59 Å². The van der Waals surface area contributed by atoms with Crippen LogP contribution in [0.5, 0.6) is 5.75 Å². The summed E-state index contributed by atoms with van der Waals surface area (Å²) in [6.45, 7) is 4.95. The van der Waals surface area contributed by atoms with Crippen LogP contribution in [-0.2, 0) is 31.4 Å². The number of aromatic nitrogens is 2. The van der Waals surface area contributed by atoms with E-state index in [1.54, 1.807) is 29.9 Å². The first-order valence-electron chi connectivity index (χ1n) is 11.4. The first-order valence-corrected chi connectivity index (χ1v) is 11.4. The number of benzene rings is 2. The average molecular weight is 463 g/mol. The quantitative estimate of drug-likeness (QED) is 0.537. The minimum absolute atomic E-state index is 0.0294. The van der Waals surface area contributed by atoms with Crippen molar-refractivity contribution in [1.29, 1.82) is 0 Å². The van der Waals surface area contributed by atoms with Crippen LogP contribution in [0.25, 0.3) is 0 Å². The Hall–Kier alpha value is -3.65. The average Bonchev–Trinajstić information content (AvgIpc) is 3.16. The number of carbonyl (C=O) groups is 2. The van der Waals surface area contributed by atoms with Crippen molar-refractivity contribution >= 4 is 11.8 Å². The van der Waals surface area contributed by atoms with E-state index in [1.807, 2.05) is 50.2 Å². The summed E-state index contributed by atoms with van der Waals surface area (Å²) in [6, 6.07) is 16.9. The van der Waals surface area contributed by atoms with Crippen LogP contribution < -0.4 is 15.4 Å². The molecular weight excluding hydrogens is 432 g/mol. The van der Waals surface area contributed by atoms with Crippen LogP contribution in [0, 0.1) is 0 Å². The van der Waals surface area contributed by atoms with Gasteiger partial charge < -0.3 is 20.1 Å². The highest BCUT2D eigenvalue weighted by atomic mass is 16.5. The molecule has 0 aliphatic carbocycles. The molecule has 0 spiro atoms. The second kappa shape index (κ2) is 10.5. The van der Waals surface area contributed by atoms with Gasteiger partial charge in [0.25, 0.3) is 11.8 Å². The van der Waals surface area contributed by atoms with Gasteiger partial charge in [-0.3, -0.25) is 14.3 Å². The van der Waals surface area contributed by atoms with Crippen molar-refractivity contribution in [3.05, 3.63) is 82.7 Å². The van der Waals surface area contributed by atoms with Crippen molar-refractivity contribution in [2.24, 2.45) is 7.05 Å². The second-order valence-electron chi connectivity index (χ2n) is 8.61. The topological polar surface area (TPSA) is 94.5 Å². The summed E-state index contributed by atoms with van der Waals surface area (Å²) < 4.78 is 13.2. The van der Waals surface area contributed by atoms with E-state index in [0.29, 0.717) is 43.1 Å². The summed E-state index contributed by atoms with van der Waals surface area (Å²) in [7, 11) is 1.76.